The maximum Gasteiger partial charge on any atom is 0.227 e. The van der Waals surface area contributed by atoms with E-state index in [4.69, 9.17) is 9.26 Å². The van der Waals surface area contributed by atoms with E-state index < -0.39 is 0 Å². The van der Waals surface area contributed by atoms with Crippen molar-refractivity contribution in [3.8, 4) is 0 Å². The van der Waals surface area contributed by atoms with Crippen molar-refractivity contribution in [3.05, 3.63) is 11.7 Å². The summed E-state index contributed by atoms with van der Waals surface area (Å²) in [7, 11) is 0. The normalized spacial score (nSPS) is 29.3. The van der Waals surface area contributed by atoms with Gasteiger partial charge >= 0.3 is 0 Å². The van der Waals surface area contributed by atoms with Crippen molar-refractivity contribution in [2.24, 2.45) is 5.92 Å². The fraction of sp³-hybridized carbons (Fsp3) is 0.846. The van der Waals surface area contributed by atoms with E-state index in [9.17, 15) is 0 Å². The molecule has 5 nitrogen and oxygen atoms in total. The van der Waals surface area contributed by atoms with Crippen LogP contribution >= 0.6 is 0 Å². The summed E-state index contributed by atoms with van der Waals surface area (Å²) in [6, 6.07) is 0.291. The molecule has 0 radical (unpaired) electrons. The molecular weight excluding hydrogens is 230 g/mol. The van der Waals surface area contributed by atoms with Crippen LogP contribution in [0.3, 0.4) is 0 Å². The van der Waals surface area contributed by atoms with Crippen molar-refractivity contribution in [2.75, 3.05) is 19.8 Å². The molecule has 18 heavy (non-hydrogen) atoms. The predicted molar refractivity (Wildman–Crippen MR) is 66.1 cm³/mol. The second-order valence-corrected chi connectivity index (χ2v) is 5.34. The lowest BCUT2D eigenvalue weighted by Gasteiger charge is -2.20. The number of hydrogen-bond donors (Lipinski definition) is 1. The van der Waals surface area contributed by atoms with Gasteiger partial charge in [0.05, 0.1) is 6.04 Å². The minimum Gasteiger partial charge on any atom is -0.381 e. The third kappa shape index (κ3) is 2.90. The van der Waals surface area contributed by atoms with E-state index in [1.807, 2.05) is 0 Å². The van der Waals surface area contributed by atoms with Gasteiger partial charge in [0.2, 0.25) is 5.89 Å². The molecule has 0 amide bonds. The molecule has 2 aliphatic heterocycles. The van der Waals surface area contributed by atoms with Gasteiger partial charge in [-0.1, -0.05) is 11.6 Å². The first-order valence-corrected chi connectivity index (χ1v) is 7.05. The molecule has 0 bridgehead atoms. The molecule has 2 saturated heterocycles. The van der Waals surface area contributed by atoms with Crippen LogP contribution in [0.15, 0.2) is 4.52 Å². The Bertz CT molecular complexity index is 368. The first kappa shape index (κ1) is 12.1. The number of ether oxygens (including phenoxy) is 1. The molecule has 3 rings (SSSR count). The lowest BCUT2D eigenvalue weighted by atomic mass is 9.99. The molecule has 2 atom stereocenters. The van der Waals surface area contributed by atoms with Gasteiger partial charge in [0.25, 0.3) is 0 Å². The van der Waals surface area contributed by atoms with Crippen LogP contribution in [0.1, 0.15) is 49.9 Å². The molecule has 5 heteroatoms. The second-order valence-electron chi connectivity index (χ2n) is 5.34. The molecule has 0 aliphatic carbocycles. The van der Waals surface area contributed by atoms with Crippen LogP contribution in [0.2, 0.25) is 0 Å². The molecule has 1 N–H and O–H groups in total. The van der Waals surface area contributed by atoms with Crippen molar-refractivity contribution < 1.29 is 9.26 Å². The molecule has 1 aromatic heterocycles. The lowest BCUT2D eigenvalue weighted by Crippen LogP contribution is -2.27. The van der Waals surface area contributed by atoms with Crippen molar-refractivity contribution in [3.63, 3.8) is 0 Å². The van der Waals surface area contributed by atoms with Crippen LogP contribution in [0.25, 0.3) is 0 Å². The SMILES string of the molecule is C1CCC(c2noc(CC3CCCOC3)n2)NC1. The van der Waals surface area contributed by atoms with Crippen LogP contribution in [0.4, 0.5) is 0 Å². The van der Waals surface area contributed by atoms with E-state index in [-0.39, 0.29) is 0 Å². The summed E-state index contributed by atoms with van der Waals surface area (Å²) in [5.74, 6) is 2.15. The quantitative estimate of drug-likeness (QED) is 0.888. The van der Waals surface area contributed by atoms with Crippen LogP contribution < -0.4 is 5.32 Å². The molecule has 2 aliphatic rings. The molecule has 3 heterocycles. The van der Waals surface area contributed by atoms with E-state index in [2.05, 4.69) is 15.5 Å². The lowest BCUT2D eigenvalue weighted by molar-refractivity contribution is 0.0520. The monoisotopic (exact) mass is 251 g/mol. The number of nitrogens with zero attached hydrogens (tertiary/aromatic N) is 2. The summed E-state index contributed by atoms with van der Waals surface area (Å²) in [6.07, 6.45) is 6.83. The molecule has 2 unspecified atom stereocenters. The molecule has 1 aromatic rings. The predicted octanol–water partition coefficient (Wildman–Crippen LogP) is 1.85. The summed E-state index contributed by atoms with van der Waals surface area (Å²) >= 11 is 0. The molecule has 0 saturated carbocycles. The number of rotatable bonds is 3. The van der Waals surface area contributed by atoms with Gasteiger partial charge in [-0.15, -0.1) is 0 Å². The van der Waals surface area contributed by atoms with E-state index in [1.54, 1.807) is 0 Å². The summed E-state index contributed by atoms with van der Waals surface area (Å²) < 4.78 is 10.8. The topological polar surface area (TPSA) is 60.2 Å². The van der Waals surface area contributed by atoms with Crippen LogP contribution in [-0.4, -0.2) is 29.9 Å². The maximum absolute atomic E-state index is 5.48. The van der Waals surface area contributed by atoms with Gasteiger partial charge in [-0.25, -0.2) is 0 Å². The largest absolute Gasteiger partial charge is 0.381 e. The van der Waals surface area contributed by atoms with Gasteiger partial charge < -0.3 is 14.6 Å². The van der Waals surface area contributed by atoms with Crippen molar-refractivity contribution in [1.82, 2.24) is 15.5 Å². The number of piperidine rings is 1. The summed E-state index contributed by atoms with van der Waals surface area (Å²) in [5, 5.41) is 7.56. The van der Waals surface area contributed by atoms with Gasteiger partial charge in [-0.3, -0.25) is 0 Å². The summed E-state index contributed by atoms with van der Waals surface area (Å²) in [4.78, 5) is 4.53. The molecule has 0 spiro atoms. The molecular formula is C13H21N3O2. The molecule has 2 fully saturated rings. The third-order valence-corrected chi connectivity index (χ3v) is 3.82. The maximum atomic E-state index is 5.48. The highest BCUT2D eigenvalue weighted by molar-refractivity contribution is 4.96. The standard InChI is InChI=1S/C13H21N3O2/c1-2-6-14-11(5-1)13-15-12(18-16-13)8-10-4-3-7-17-9-10/h10-11,14H,1-9H2. The van der Waals surface area contributed by atoms with E-state index >= 15 is 0 Å². The van der Waals surface area contributed by atoms with Crippen LogP contribution in [0.5, 0.6) is 0 Å². The average Bonchev–Trinajstić information content (AvgIpc) is 2.89. The number of hydrogen-bond acceptors (Lipinski definition) is 5. The summed E-state index contributed by atoms with van der Waals surface area (Å²) in [5.41, 5.74) is 0. The summed E-state index contributed by atoms with van der Waals surface area (Å²) in [6.45, 7) is 2.79. The first-order chi connectivity index (χ1) is 8.92. The Morgan fingerprint density at radius 3 is 3.00 bits per heavy atom. The fourth-order valence-corrected chi connectivity index (χ4v) is 2.78. The van der Waals surface area contributed by atoms with Gasteiger partial charge in [0, 0.05) is 19.6 Å². The average molecular weight is 251 g/mol. The zero-order valence-corrected chi connectivity index (χ0v) is 10.7. The Morgan fingerprint density at radius 2 is 2.22 bits per heavy atom. The Labute approximate surface area is 107 Å². The highest BCUT2D eigenvalue weighted by atomic mass is 16.5. The zero-order chi connectivity index (χ0) is 12.2. The fourth-order valence-electron chi connectivity index (χ4n) is 2.78. The minimum absolute atomic E-state index is 0.291. The minimum atomic E-state index is 0.291. The van der Waals surface area contributed by atoms with E-state index in [0.717, 1.165) is 50.7 Å². The highest BCUT2D eigenvalue weighted by Crippen LogP contribution is 2.22. The third-order valence-electron chi connectivity index (χ3n) is 3.82. The van der Waals surface area contributed by atoms with Crippen molar-refractivity contribution in [1.29, 1.82) is 0 Å². The van der Waals surface area contributed by atoms with E-state index in [1.165, 1.54) is 19.3 Å². The number of nitrogens with one attached hydrogen (secondary N) is 1. The second kappa shape index (κ2) is 5.80. The smallest absolute Gasteiger partial charge is 0.227 e. The van der Waals surface area contributed by atoms with Crippen molar-refractivity contribution in [2.45, 2.75) is 44.6 Å². The Kier molecular flexibility index (Phi) is 3.90. The van der Waals surface area contributed by atoms with Crippen LogP contribution in [0, 0.1) is 5.92 Å². The van der Waals surface area contributed by atoms with Crippen molar-refractivity contribution >= 4 is 0 Å². The van der Waals surface area contributed by atoms with E-state index in [0.29, 0.717) is 12.0 Å². The van der Waals surface area contributed by atoms with Gasteiger partial charge in [-0.05, 0) is 38.1 Å². The Morgan fingerprint density at radius 1 is 1.22 bits per heavy atom. The molecule has 0 aromatic carbocycles. The van der Waals surface area contributed by atoms with Gasteiger partial charge in [-0.2, -0.15) is 4.98 Å². The van der Waals surface area contributed by atoms with Gasteiger partial charge in [0.1, 0.15) is 0 Å². The van der Waals surface area contributed by atoms with Gasteiger partial charge in [0.15, 0.2) is 5.82 Å². The first-order valence-electron chi connectivity index (χ1n) is 7.05. The number of aromatic nitrogens is 2. The Balaban J connectivity index is 1.58. The van der Waals surface area contributed by atoms with Crippen LogP contribution in [-0.2, 0) is 11.2 Å². The molecule has 100 valence electrons. The highest BCUT2D eigenvalue weighted by Gasteiger charge is 2.22. The zero-order valence-electron chi connectivity index (χ0n) is 10.7. The Hall–Kier alpha value is -0.940.